The maximum Gasteiger partial charge on any atom is 0.326 e. The first-order valence-electron chi connectivity index (χ1n) is 46.5. The molecule has 3 aliphatic rings. The van der Waals surface area contributed by atoms with Crippen molar-refractivity contribution in [2.24, 2.45) is 23.7 Å². The van der Waals surface area contributed by atoms with Crippen LogP contribution in [-0.4, -0.2) is 319 Å². The molecule has 52 heteroatoms. The first-order chi connectivity index (χ1) is 68.2. The Bertz CT molecular complexity index is 5490. The molecule has 0 radical (unpaired) electrons. The van der Waals surface area contributed by atoms with Gasteiger partial charge in [0.2, 0.25) is 118 Å². The van der Waals surface area contributed by atoms with Crippen molar-refractivity contribution in [3.63, 3.8) is 0 Å². The Hall–Kier alpha value is -13.6. The summed E-state index contributed by atoms with van der Waals surface area (Å²) in [6, 6.07) is -8.06. The number of carbonyl (C=O) groups is 22. The van der Waals surface area contributed by atoms with Crippen molar-refractivity contribution in [2.45, 2.75) is 230 Å². The van der Waals surface area contributed by atoms with Crippen molar-refractivity contribution in [3.8, 4) is 0 Å². The molecule has 144 heavy (non-hydrogen) atoms. The van der Waals surface area contributed by atoms with E-state index in [4.69, 9.17) is 0 Å². The minimum atomic E-state index is -2.33. The average Bonchev–Trinajstić information content (AvgIpc) is 1.66. The van der Waals surface area contributed by atoms with Crippen LogP contribution in [0, 0.1) is 23.7 Å². The van der Waals surface area contributed by atoms with Crippen LogP contribution < -0.4 is 106 Å². The second kappa shape index (κ2) is 55.9. The quantitative estimate of drug-likeness (QED) is 0.0344. The van der Waals surface area contributed by atoms with E-state index in [9.17, 15) is 82.8 Å². The summed E-state index contributed by atoms with van der Waals surface area (Å²) in [5.41, 5.74) is 2.42. The van der Waals surface area contributed by atoms with E-state index in [1.54, 1.807) is 112 Å². The highest BCUT2D eigenvalue weighted by Crippen LogP contribution is 2.28. The van der Waals surface area contributed by atoms with Crippen LogP contribution in [0.5, 0.6) is 0 Å². The molecule has 3 saturated heterocycles. The van der Waals surface area contributed by atoms with Gasteiger partial charge >= 0.3 is 11.9 Å². The number of carboxylic acid groups (broad SMARTS) is 2. The summed E-state index contributed by atoms with van der Waals surface area (Å²) in [4.78, 5) is 327. The van der Waals surface area contributed by atoms with E-state index in [1.165, 1.54) is 41.5 Å². The normalized spacial score (nSPS) is 25.7. The van der Waals surface area contributed by atoms with Gasteiger partial charge < -0.3 is 137 Å². The van der Waals surface area contributed by atoms with Gasteiger partial charge in [-0.3, -0.25) is 101 Å². The predicted octanol–water partition coefficient (Wildman–Crippen LogP) is -5.16. The Labute approximate surface area is 843 Å². The highest BCUT2D eigenvalue weighted by Gasteiger charge is 2.43. The number of fused-ring (bicyclic) bond motifs is 11. The number of aromatic amines is 2. The topological polar surface area (TPSA) is 729 Å². The van der Waals surface area contributed by atoms with E-state index < -0.39 is 331 Å². The molecule has 48 nitrogen and oxygen atoms in total. The van der Waals surface area contributed by atoms with Crippen molar-refractivity contribution in [1.82, 2.24) is 116 Å². The number of nitrogens with one attached hydrogen (secondary N) is 22. The predicted molar refractivity (Wildman–Crippen MR) is 529 cm³/mol. The SMILES string of the molecule is CC[C@H](C)[C@@H]1NC(=O)[C@H](Cc2c[nH]c3ccccc23)NC(=O)[C@H](C)NC(=O)[C@H]([C@@H](C)O)NC(=O)CNC(=O)[C@@H]2CSSC[C@@H]3NC(=O)C[C@H](NC(=O)[C@H]([C@@H](C)O)NC(=O)[C@H](CSSC[C@@H](C(=O)N[C@H](C(=O)O)C(C)C)NC1=O)NC(=O)[C@H](CC(=O)O)NC(=O)CNC(=O)CNC(=O)[C@H](Cc1c[nH]c4ccccc14)NC(=O)[C@H](C(C)C)NC3=O)C(=O)N[C@@H](Cc1ccccc1)C(=O)N[C@@H](CC(C)C)C(=O)NCC(=O)N2. The highest BCUT2D eigenvalue weighted by atomic mass is 33.1. The molecule has 20 amide bonds. The number of rotatable bonds is 19. The smallest absolute Gasteiger partial charge is 0.326 e. The number of H-pyrrole nitrogens is 2. The van der Waals surface area contributed by atoms with Gasteiger partial charge in [-0.1, -0.05) is 172 Å². The Kier molecular flexibility index (Phi) is 44.9. The van der Waals surface area contributed by atoms with Gasteiger partial charge in [-0.25, -0.2) is 4.79 Å². The Morgan fingerprint density at radius 2 is 0.799 bits per heavy atom. The van der Waals surface area contributed by atoms with Crippen molar-refractivity contribution < 1.29 is 126 Å². The first-order valence-corrected chi connectivity index (χ1v) is 51.5. The van der Waals surface area contributed by atoms with Crippen LogP contribution in [0.1, 0.15) is 119 Å². The molecule has 0 saturated carbocycles. The van der Waals surface area contributed by atoms with Crippen LogP contribution in [0.3, 0.4) is 0 Å². The molecule has 3 aromatic carbocycles. The molecule has 0 aliphatic carbocycles. The minimum Gasteiger partial charge on any atom is -0.481 e. The highest BCUT2D eigenvalue weighted by molar-refractivity contribution is 8.77. The van der Waals surface area contributed by atoms with Gasteiger partial charge in [-0.2, -0.15) is 0 Å². The molecule has 0 spiro atoms. The van der Waals surface area contributed by atoms with Gasteiger partial charge in [-0.15, -0.1) is 0 Å². The summed E-state index contributed by atoms with van der Waals surface area (Å²) in [7, 11) is 2.69. The molecule has 2 aromatic heterocycles. The second-order valence-electron chi connectivity index (χ2n) is 36.0. The Balaban J connectivity index is 1.32. The second-order valence-corrected chi connectivity index (χ2v) is 41.1. The summed E-state index contributed by atoms with van der Waals surface area (Å²) in [6.45, 7) is 11.7. The summed E-state index contributed by atoms with van der Waals surface area (Å²) in [6.07, 6.45) is -4.43. The lowest BCUT2D eigenvalue weighted by molar-refractivity contribution is -0.143. The van der Waals surface area contributed by atoms with Gasteiger partial charge in [0, 0.05) is 76.5 Å². The van der Waals surface area contributed by atoms with Crippen molar-refractivity contribution >= 4 is 195 Å². The molecule has 5 aromatic rings. The number of para-hydroxylation sites is 2. The molecule has 4 bridgehead atoms. The third-order valence-electron chi connectivity index (χ3n) is 23.3. The molecule has 5 heterocycles. The molecule has 784 valence electrons. The molecule has 0 unspecified atom stereocenters. The van der Waals surface area contributed by atoms with E-state index in [0.29, 0.717) is 70.9 Å². The summed E-state index contributed by atoms with van der Waals surface area (Å²) >= 11 is 0. The third-order valence-corrected chi connectivity index (χ3v) is 28.2. The van der Waals surface area contributed by atoms with E-state index in [-0.39, 0.29) is 25.7 Å². The maximum atomic E-state index is 15.6. The molecular weight excluding hydrogens is 1960 g/mol. The van der Waals surface area contributed by atoms with E-state index >= 15 is 43.2 Å². The number of aromatic nitrogens is 2. The van der Waals surface area contributed by atoms with E-state index in [0.717, 1.165) is 24.6 Å². The largest absolute Gasteiger partial charge is 0.481 e. The summed E-state index contributed by atoms with van der Waals surface area (Å²) < 4.78 is 0. The van der Waals surface area contributed by atoms with Crippen LogP contribution in [0.2, 0.25) is 0 Å². The van der Waals surface area contributed by atoms with Crippen LogP contribution in [0.4, 0.5) is 0 Å². The Morgan fingerprint density at radius 1 is 0.382 bits per heavy atom. The minimum absolute atomic E-state index is 0.117. The first kappa shape index (κ1) is 116. The zero-order valence-electron chi connectivity index (χ0n) is 80.9. The van der Waals surface area contributed by atoms with Crippen LogP contribution >= 0.6 is 43.2 Å². The van der Waals surface area contributed by atoms with Crippen molar-refractivity contribution in [1.29, 1.82) is 0 Å². The lowest BCUT2D eigenvalue weighted by Gasteiger charge is -2.29. The number of carboxylic acids is 2. The van der Waals surface area contributed by atoms with Crippen LogP contribution in [-0.2, 0) is 125 Å². The number of hydrogen-bond donors (Lipinski definition) is 26. The summed E-state index contributed by atoms with van der Waals surface area (Å²) in [5.74, 6) is -32.7. The molecular formula is C92H126N22O26S4. The fraction of sp³-hybridized carbons (Fsp3) is 0.522. The molecule has 3 aliphatic heterocycles. The van der Waals surface area contributed by atoms with Gasteiger partial charge in [0.25, 0.3) is 0 Å². The van der Waals surface area contributed by atoms with Crippen LogP contribution in [0.15, 0.2) is 91.3 Å². The fourth-order valence-corrected chi connectivity index (χ4v) is 19.8. The number of aliphatic hydroxyl groups excluding tert-OH is 2. The number of aliphatic hydroxyl groups is 2. The number of aliphatic carboxylic acids is 2. The molecule has 8 rings (SSSR count). The third kappa shape index (κ3) is 35.5. The maximum absolute atomic E-state index is 15.6. The molecule has 26 N–H and O–H groups in total. The van der Waals surface area contributed by atoms with E-state index in [1.807, 2.05) is 0 Å². The fourth-order valence-electron chi connectivity index (χ4n) is 15.1. The number of hydrogen-bond acceptors (Lipinski definition) is 28. The summed E-state index contributed by atoms with van der Waals surface area (Å²) in [5, 5.41) is 93.5. The standard InChI is InChI=1S/C92H126N22O26S4/c1-12-45(8)74-89(136)109-65(86(133)112-73(44(6)7)92(139)140)41-144-143-40-64-87(134)114-76(48(11)116)91(138)107-60-30-66(117)101-63(85(132)111-72(43(4)5)88(135)106-58(28-50-32-93-54-24-18-16-22-52(50)54)79(126)96-34-67(118)95-35-68(119)100-61(31-71(122)123)83(130)108-64)39-142-141-38-62(102-69(120)36-97-78(125)56(26-42(2)3)104-81(128)57(105-82(60)129)27-49-20-14-13-15-21-49)80(127)98-37-70(121)110-75(47(10)115)90(137)99-46(9)77(124)103-59(84(131)113-74)29-51-33-94-55-25-19-17-23-53(51)55/h13-25,32-33,42-48,56-65,72-76,93-94,115-116H,12,26-31,34-41H2,1-11H3,(H,95,118)(H,96,126)(H,97,125)(H,98,127)(H,99,137)(H,100,119)(H,101,117)(H,102,120)(H,103,124)(H,104,128)(H,105,129)(H,106,135)(H,107,138)(H,108,130)(H,109,136)(H,110,121)(H,111,132)(H,112,133)(H,113,131)(H,114,134)(H,122,123)(H,139,140)/t45-,46-,47+,48+,56-,57-,58-,59-,60-,61-,62-,63-,64-,65-,72-,73-,74-,75-,76-/m0/s1. The van der Waals surface area contributed by atoms with Gasteiger partial charge in [0.1, 0.15) is 96.7 Å². The monoisotopic (exact) mass is 2080 g/mol. The van der Waals surface area contributed by atoms with Crippen molar-refractivity contribution in [2.75, 3.05) is 49.2 Å². The van der Waals surface area contributed by atoms with Gasteiger partial charge in [0.15, 0.2) is 0 Å². The molecule has 19 atom stereocenters. The lowest BCUT2D eigenvalue weighted by Crippen LogP contribution is -2.63. The Morgan fingerprint density at radius 3 is 1.35 bits per heavy atom. The van der Waals surface area contributed by atoms with E-state index in [2.05, 4.69) is 116 Å². The van der Waals surface area contributed by atoms with Gasteiger partial charge in [0.05, 0.1) is 51.2 Å². The number of benzene rings is 3. The van der Waals surface area contributed by atoms with Crippen molar-refractivity contribution in [3.05, 3.63) is 108 Å². The van der Waals surface area contributed by atoms with Gasteiger partial charge in [-0.05, 0) is 79.7 Å². The van der Waals surface area contributed by atoms with Crippen LogP contribution in [0.25, 0.3) is 21.8 Å². The zero-order chi connectivity index (χ0) is 106. The average molecular weight is 2080 g/mol. The number of carbonyl (C=O) groups excluding carboxylic acids is 20. The molecule has 3 fully saturated rings. The number of amides is 20. The lowest BCUT2D eigenvalue weighted by atomic mass is 9.96. The zero-order valence-corrected chi connectivity index (χ0v) is 84.1.